The summed E-state index contributed by atoms with van der Waals surface area (Å²) in [5.74, 6) is -0.359. The van der Waals surface area contributed by atoms with Crippen LogP contribution in [0.2, 0.25) is 0 Å². The minimum Gasteiger partial charge on any atom is -0.375 e. The molecular weight excluding hydrogens is 365 g/mol. The van der Waals surface area contributed by atoms with E-state index in [2.05, 4.69) is 4.18 Å². The van der Waals surface area contributed by atoms with Gasteiger partial charge in [-0.05, 0) is 38.8 Å². The van der Waals surface area contributed by atoms with Gasteiger partial charge in [0.1, 0.15) is 0 Å². The number of allylic oxidation sites excluding steroid dienone is 7. The lowest BCUT2D eigenvalue weighted by atomic mass is 9.97. The summed E-state index contributed by atoms with van der Waals surface area (Å²) < 4.78 is 66.5. The molecule has 1 aromatic carbocycles. The highest BCUT2D eigenvalue weighted by Gasteiger charge is 2.49. The molecular formula is C19H21F3O3S. The smallest absolute Gasteiger partial charge is 0.375 e. The first kappa shape index (κ1) is 21.8. The molecule has 0 radical (unpaired) electrons. The molecule has 0 unspecified atom stereocenters. The Hall–Kier alpha value is -2.28. The predicted molar refractivity (Wildman–Crippen MR) is 97.4 cm³/mol. The number of alkyl halides is 3. The van der Waals surface area contributed by atoms with Crippen molar-refractivity contribution in [1.82, 2.24) is 0 Å². The Morgan fingerprint density at radius 2 is 1.62 bits per heavy atom. The van der Waals surface area contributed by atoms with Gasteiger partial charge in [-0.1, -0.05) is 54.6 Å². The summed E-state index contributed by atoms with van der Waals surface area (Å²) in [5.41, 5.74) is -3.91. The summed E-state index contributed by atoms with van der Waals surface area (Å²) in [6, 6.07) is 8.48. The number of halogens is 3. The first-order valence-corrected chi connectivity index (χ1v) is 9.23. The fourth-order valence-corrected chi connectivity index (χ4v) is 2.79. The van der Waals surface area contributed by atoms with Crippen molar-refractivity contribution in [3.63, 3.8) is 0 Å². The lowest BCUT2D eigenvalue weighted by Crippen LogP contribution is -2.26. The molecule has 0 aliphatic heterocycles. The zero-order chi connectivity index (χ0) is 20.0. The average molecular weight is 386 g/mol. The van der Waals surface area contributed by atoms with Crippen LogP contribution in [-0.2, 0) is 14.3 Å². The number of hydrogen-bond donors (Lipinski definition) is 0. The third kappa shape index (κ3) is 5.11. The van der Waals surface area contributed by atoms with Crippen molar-refractivity contribution in [3.8, 4) is 0 Å². The molecule has 1 aromatic rings. The van der Waals surface area contributed by atoms with Crippen LogP contribution in [0.1, 0.15) is 33.3 Å². The van der Waals surface area contributed by atoms with Crippen molar-refractivity contribution in [1.29, 1.82) is 0 Å². The summed E-state index contributed by atoms with van der Waals surface area (Å²) in [4.78, 5) is 0. The van der Waals surface area contributed by atoms with Crippen LogP contribution in [0.25, 0.3) is 5.57 Å². The first-order valence-electron chi connectivity index (χ1n) is 7.82. The van der Waals surface area contributed by atoms with Gasteiger partial charge in [-0.2, -0.15) is 21.6 Å². The van der Waals surface area contributed by atoms with Gasteiger partial charge in [0.2, 0.25) is 0 Å². The second kappa shape index (κ2) is 8.89. The first-order chi connectivity index (χ1) is 12.1. The van der Waals surface area contributed by atoms with Gasteiger partial charge in [-0.25, -0.2) is 0 Å². The topological polar surface area (TPSA) is 43.4 Å². The fourth-order valence-electron chi connectivity index (χ4n) is 2.26. The maximum absolute atomic E-state index is 12.9. The van der Waals surface area contributed by atoms with Crippen molar-refractivity contribution in [3.05, 3.63) is 77.1 Å². The second-order valence-corrected chi connectivity index (χ2v) is 6.79. The molecule has 0 saturated carbocycles. The van der Waals surface area contributed by atoms with Crippen LogP contribution >= 0.6 is 0 Å². The normalized spacial score (nSPS) is 15.2. The second-order valence-electron chi connectivity index (χ2n) is 5.25. The maximum Gasteiger partial charge on any atom is 0.534 e. The van der Waals surface area contributed by atoms with E-state index < -0.39 is 15.6 Å². The number of hydrogen-bond acceptors (Lipinski definition) is 3. The zero-order valence-electron chi connectivity index (χ0n) is 15.0. The molecule has 0 amide bonds. The lowest BCUT2D eigenvalue weighted by molar-refractivity contribution is -0.0519. The third-order valence-corrected chi connectivity index (χ3v) is 4.48. The van der Waals surface area contributed by atoms with Crippen LogP contribution in [0.15, 0.2) is 71.5 Å². The fraction of sp³-hybridized carbons (Fsp3) is 0.263. The molecule has 7 heteroatoms. The Morgan fingerprint density at radius 1 is 1.04 bits per heavy atom. The van der Waals surface area contributed by atoms with E-state index in [4.69, 9.17) is 0 Å². The van der Waals surface area contributed by atoms with Crippen LogP contribution < -0.4 is 0 Å². The van der Waals surface area contributed by atoms with Gasteiger partial charge < -0.3 is 4.18 Å². The molecule has 0 atom stereocenters. The highest BCUT2D eigenvalue weighted by Crippen LogP contribution is 2.35. The van der Waals surface area contributed by atoms with E-state index in [0.29, 0.717) is 11.1 Å². The molecule has 0 N–H and O–H groups in total. The molecule has 0 aromatic heterocycles. The Balaban J connectivity index is 3.68. The highest BCUT2D eigenvalue weighted by atomic mass is 32.2. The van der Waals surface area contributed by atoms with Gasteiger partial charge in [0.05, 0.1) is 0 Å². The van der Waals surface area contributed by atoms with E-state index in [1.807, 2.05) is 0 Å². The predicted octanol–water partition coefficient (Wildman–Crippen LogP) is 5.75. The Bertz CT molecular complexity index is 844. The monoisotopic (exact) mass is 386 g/mol. The Morgan fingerprint density at radius 3 is 2.04 bits per heavy atom. The van der Waals surface area contributed by atoms with Crippen molar-refractivity contribution >= 4 is 15.7 Å². The van der Waals surface area contributed by atoms with Crippen LogP contribution in [-0.4, -0.2) is 13.9 Å². The van der Waals surface area contributed by atoms with Crippen molar-refractivity contribution < 1.29 is 25.8 Å². The SMILES string of the molecule is C\C=C/C(=C\C)C(/C)=C(OS(=O)(=O)C(F)(F)F)/C(=C\C)c1ccccc1. The van der Waals surface area contributed by atoms with E-state index in [0.717, 1.165) is 0 Å². The van der Waals surface area contributed by atoms with Crippen molar-refractivity contribution in [2.45, 2.75) is 33.2 Å². The van der Waals surface area contributed by atoms with E-state index in [1.54, 1.807) is 69.3 Å². The molecule has 0 spiro atoms. The Kier molecular flexibility index (Phi) is 7.44. The standard InChI is InChI=1S/C19H21F3O3S/c1-5-11-15(6-2)14(4)18(25-26(23,24)19(20,21)22)17(7-3)16-12-9-8-10-13-16/h5-13H,1-4H3/b11-5-,15-6+,17-7-,18-14-. The average Bonchev–Trinajstić information content (AvgIpc) is 2.58. The van der Waals surface area contributed by atoms with E-state index >= 15 is 0 Å². The number of benzene rings is 1. The molecule has 0 saturated heterocycles. The molecule has 3 nitrogen and oxygen atoms in total. The lowest BCUT2D eigenvalue weighted by Gasteiger charge is -2.18. The molecule has 0 aliphatic rings. The summed E-state index contributed by atoms with van der Waals surface area (Å²) in [7, 11) is -5.81. The summed E-state index contributed by atoms with van der Waals surface area (Å²) in [6.45, 7) is 6.57. The summed E-state index contributed by atoms with van der Waals surface area (Å²) >= 11 is 0. The van der Waals surface area contributed by atoms with Gasteiger partial charge in [-0.3, -0.25) is 0 Å². The van der Waals surface area contributed by atoms with E-state index in [-0.39, 0.29) is 16.9 Å². The summed E-state index contributed by atoms with van der Waals surface area (Å²) in [6.07, 6.45) is 6.55. The maximum atomic E-state index is 12.9. The highest BCUT2D eigenvalue weighted by molar-refractivity contribution is 7.87. The molecule has 0 heterocycles. The molecule has 26 heavy (non-hydrogen) atoms. The minimum atomic E-state index is -5.81. The zero-order valence-corrected chi connectivity index (χ0v) is 15.8. The van der Waals surface area contributed by atoms with Crippen molar-refractivity contribution in [2.75, 3.05) is 0 Å². The van der Waals surface area contributed by atoms with E-state index in [9.17, 15) is 21.6 Å². The minimum absolute atomic E-state index is 0.250. The van der Waals surface area contributed by atoms with Crippen molar-refractivity contribution in [2.24, 2.45) is 0 Å². The van der Waals surface area contributed by atoms with Gasteiger partial charge >= 0.3 is 15.6 Å². The van der Waals surface area contributed by atoms with Gasteiger partial charge in [-0.15, -0.1) is 0 Å². The Labute approximate surface area is 152 Å². The molecule has 0 aliphatic carbocycles. The largest absolute Gasteiger partial charge is 0.534 e. The van der Waals surface area contributed by atoms with Crippen LogP contribution in [0.3, 0.4) is 0 Å². The van der Waals surface area contributed by atoms with Gasteiger partial charge in [0.25, 0.3) is 0 Å². The van der Waals surface area contributed by atoms with Gasteiger partial charge in [0, 0.05) is 11.1 Å². The van der Waals surface area contributed by atoms with E-state index in [1.165, 1.54) is 13.0 Å². The molecule has 0 bridgehead atoms. The third-order valence-electron chi connectivity index (χ3n) is 3.53. The summed E-state index contributed by atoms with van der Waals surface area (Å²) in [5, 5.41) is 0. The van der Waals surface area contributed by atoms with Crippen LogP contribution in [0.4, 0.5) is 13.2 Å². The molecule has 142 valence electrons. The van der Waals surface area contributed by atoms with Crippen LogP contribution in [0, 0.1) is 0 Å². The van der Waals surface area contributed by atoms with Crippen LogP contribution in [0.5, 0.6) is 0 Å². The quantitative estimate of drug-likeness (QED) is 0.270. The molecule has 0 fully saturated rings. The molecule has 1 rings (SSSR count). The van der Waals surface area contributed by atoms with Gasteiger partial charge in [0.15, 0.2) is 5.76 Å². The number of rotatable bonds is 6.